The summed E-state index contributed by atoms with van der Waals surface area (Å²) in [5.41, 5.74) is -3.75. The van der Waals surface area contributed by atoms with Crippen LogP contribution in [0.4, 0.5) is 26.3 Å². The molecule has 1 aromatic carbocycles. The fourth-order valence-electron chi connectivity index (χ4n) is 3.49. The smallest absolute Gasteiger partial charge is 0.416 e. The molecule has 1 heterocycles. The number of rotatable bonds is 8. The first-order valence-corrected chi connectivity index (χ1v) is 12.5. The Bertz CT molecular complexity index is 897. The molecule has 198 valence electrons. The number of carbonyl (C=O) groups is 2. The Balaban J connectivity index is 1.81. The van der Waals surface area contributed by atoms with Gasteiger partial charge in [0.15, 0.2) is 4.90 Å². The molecular formula is C22H29F6N3O3S. The second-order valence-corrected chi connectivity index (χ2v) is 10.5. The van der Waals surface area contributed by atoms with Crippen molar-refractivity contribution >= 4 is 23.0 Å². The summed E-state index contributed by atoms with van der Waals surface area (Å²) in [5.74, 6) is -1.72. The van der Waals surface area contributed by atoms with E-state index in [-0.39, 0.29) is 29.5 Å². The maximum absolute atomic E-state index is 13.1. The molecule has 0 spiro atoms. The zero-order valence-corrected chi connectivity index (χ0v) is 20.4. The van der Waals surface area contributed by atoms with Crippen molar-refractivity contribution in [3.8, 4) is 0 Å². The lowest BCUT2D eigenvalue weighted by Gasteiger charge is -2.32. The van der Waals surface area contributed by atoms with Gasteiger partial charge in [-0.1, -0.05) is 0 Å². The topological polar surface area (TPSA) is 84.5 Å². The van der Waals surface area contributed by atoms with Crippen molar-refractivity contribution in [1.29, 1.82) is 0 Å². The number of amides is 2. The molecule has 1 fully saturated rings. The lowest BCUT2D eigenvalue weighted by molar-refractivity contribution is -0.211. The maximum atomic E-state index is 13.1. The SMILES string of the molecule is C[S+]([O-])c1cc(C(=O)NCC2CCN(CCNC(=O)C(C)(C)C(F)(F)F)CC2)cc(C(F)(F)F)c1. The molecule has 0 aliphatic carbocycles. The molecule has 2 N–H and O–H groups in total. The van der Waals surface area contributed by atoms with E-state index in [0.717, 1.165) is 26.0 Å². The van der Waals surface area contributed by atoms with Gasteiger partial charge in [-0.3, -0.25) is 9.59 Å². The number of halogens is 6. The first-order valence-electron chi connectivity index (χ1n) is 10.9. The minimum Gasteiger partial charge on any atom is -0.612 e. The van der Waals surface area contributed by atoms with E-state index in [2.05, 4.69) is 10.6 Å². The highest BCUT2D eigenvalue weighted by molar-refractivity contribution is 7.90. The second kappa shape index (κ2) is 11.4. The van der Waals surface area contributed by atoms with Crippen molar-refractivity contribution in [2.75, 3.05) is 39.0 Å². The monoisotopic (exact) mass is 529 g/mol. The Kier molecular flexibility index (Phi) is 9.51. The Hall–Kier alpha value is -1.99. The van der Waals surface area contributed by atoms with Gasteiger partial charge in [0.1, 0.15) is 11.7 Å². The van der Waals surface area contributed by atoms with E-state index in [4.69, 9.17) is 0 Å². The number of benzene rings is 1. The van der Waals surface area contributed by atoms with Crippen LogP contribution in [0.1, 0.15) is 42.6 Å². The van der Waals surface area contributed by atoms with Gasteiger partial charge in [0.25, 0.3) is 5.91 Å². The van der Waals surface area contributed by atoms with E-state index < -0.39 is 46.3 Å². The van der Waals surface area contributed by atoms with Gasteiger partial charge in [-0.15, -0.1) is 0 Å². The molecule has 1 aromatic rings. The van der Waals surface area contributed by atoms with Crippen LogP contribution in [0.15, 0.2) is 23.1 Å². The van der Waals surface area contributed by atoms with Crippen LogP contribution >= 0.6 is 0 Å². The summed E-state index contributed by atoms with van der Waals surface area (Å²) in [4.78, 5) is 26.2. The van der Waals surface area contributed by atoms with Crippen molar-refractivity contribution in [1.82, 2.24) is 15.5 Å². The van der Waals surface area contributed by atoms with E-state index in [0.29, 0.717) is 32.5 Å². The van der Waals surface area contributed by atoms with Gasteiger partial charge in [-0.25, -0.2) is 0 Å². The van der Waals surface area contributed by atoms with Crippen LogP contribution in [0.25, 0.3) is 0 Å². The van der Waals surface area contributed by atoms with E-state index >= 15 is 0 Å². The molecule has 1 aliphatic rings. The van der Waals surface area contributed by atoms with Crippen LogP contribution in [0.5, 0.6) is 0 Å². The molecule has 0 aromatic heterocycles. The van der Waals surface area contributed by atoms with Crippen molar-refractivity contribution in [3.05, 3.63) is 29.3 Å². The molecule has 2 rings (SSSR count). The summed E-state index contributed by atoms with van der Waals surface area (Å²) >= 11 is -1.70. The zero-order valence-electron chi connectivity index (χ0n) is 19.6. The minimum absolute atomic E-state index is 0.0659. The largest absolute Gasteiger partial charge is 0.612 e. The number of alkyl halides is 6. The van der Waals surface area contributed by atoms with Gasteiger partial charge in [0.05, 0.1) is 5.56 Å². The summed E-state index contributed by atoms with van der Waals surface area (Å²) in [5, 5.41) is 4.94. The lowest BCUT2D eigenvalue weighted by atomic mass is 9.91. The van der Waals surface area contributed by atoms with Crippen LogP contribution in [0.2, 0.25) is 0 Å². The third-order valence-electron chi connectivity index (χ3n) is 6.08. The van der Waals surface area contributed by atoms with Gasteiger partial charge in [-0.2, -0.15) is 26.3 Å². The molecule has 0 radical (unpaired) electrons. The van der Waals surface area contributed by atoms with E-state index in [1.807, 2.05) is 4.90 Å². The average molecular weight is 530 g/mol. The molecule has 1 atom stereocenters. The molecule has 13 heteroatoms. The van der Waals surface area contributed by atoms with Crippen LogP contribution < -0.4 is 10.6 Å². The number of carbonyl (C=O) groups excluding carboxylic acids is 2. The Morgan fingerprint density at radius 2 is 1.66 bits per heavy atom. The predicted octanol–water partition coefficient (Wildman–Crippen LogP) is 3.59. The number of hydrogen-bond acceptors (Lipinski definition) is 4. The third-order valence-corrected chi connectivity index (χ3v) is 6.98. The van der Waals surface area contributed by atoms with Crippen LogP contribution in [0.3, 0.4) is 0 Å². The molecule has 0 bridgehead atoms. The van der Waals surface area contributed by atoms with Crippen LogP contribution in [0, 0.1) is 11.3 Å². The van der Waals surface area contributed by atoms with Crippen molar-refractivity contribution in [3.63, 3.8) is 0 Å². The Morgan fingerprint density at radius 1 is 1.06 bits per heavy atom. The Labute approximate surface area is 203 Å². The molecule has 2 amide bonds. The number of nitrogens with one attached hydrogen (secondary N) is 2. The van der Waals surface area contributed by atoms with Crippen LogP contribution in [-0.4, -0.2) is 66.4 Å². The van der Waals surface area contributed by atoms with E-state index in [1.54, 1.807) is 0 Å². The number of nitrogens with zero attached hydrogens (tertiary/aromatic N) is 1. The first-order chi connectivity index (χ1) is 16.0. The highest BCUT2D eigenvalue weighted by Crippen LogP contribution is 2.37. The molecule has 1 unspecified atom stereocenters. The number of piperidine rings is 1. The fraction of sp³-hybridized carbons (Fsp3) is 0.636. The maximum Gasteiger partial charge on any atom is 0.416 e. The summed E-state index contributed by atoms with van der Waals surface area (Å²) < 4.78 is 89.8. The molecule has 6 nitrogen and oxygen atoms in total. The zero-order chi connectivity index (χ0) is 26.6. The van der Waals surface area contributed by atoms with Crippen molar-refractivity contribution in [2.45, 2.75) is 43.9 Å². The summed E-state index contributed by atoms with van der Waals surface area (Å²) in [6, 6.07) is 2.66. The van der Waals surface area contributed by atoms with E-state index in [9.17, 15) is 40.5 Å². The van der Waals surface area contributed by atoms with Crippen LogP contribution in [-0.2, 0) is 22.1 Å². The predicted molar refractivity (Wildman–Crippen MR) is 118 cm³/mol. The first kappa shape index (κ1) is 29.2. The van der Waals surface area contributed by atoms with E-state index in [1.165, 1.54) is 12.3 Å². The number of hydrogen-bond donors (Lipinski definition) is 2. The molecule has 1 aliphatic heterocycles. The Morgan fingerprint density at radius 3 is 2.17 bits per heavy atom. The normalized spacial score (nSPS) is 17.2. The highest BCUT2D eigenvalue weighted by Gasteiger charge is 2.52. The van der Waals surface area contributed by atoms with Crippen molar-refractivity contribution < 1.29 is 40.5 Å². The van der Waals surface area contributed by atoms with Gasteiger partial charge < -0.3 is 20.1 Å². The van der Waals surface area contributed by atoms with Gasteiger partial charge in [0, 0.05) is 37.3 Å². The summed E-state index contributed by atoms with van der Waals surface area (Å²) in [7, 11) is 0. The second-order valence-electron chi connectivity index (χ2n) is 9.07. The molecule has 35 heavy (non-hydrogen) atoms. The summed E-state index contributed by atoms with van der Waals surface area (Å²) in [6.45, 7) is 3.53. The third kappa shape index (κ3) is 8.01. The number of likely N-dealkylation sites (tertiary alicyclic amines) is 1. The summed E-state index contributed by atoms with van der Waals surface area (Å²) in [6.07, 6.45) is -6.78. The lowest BCUT2D eigenvalue weighted by Crippen LogP contribution is -2.49. The minimum atomic E-state index is -4.68. The van der Waals surface area contributed by atoms with Gasteiger partial charge in [-0.05, 0) is 62.9 Å². The fourth-order valence-corrected chi connectivity index (χ4v) is 4.08. The highest BCUT2D eigenvalue weighted by atomic mass is 32.2. The quantitative estimate of drug-likeness (QED) is 0.398. The molecule has 1 saturated heterocycles. The van der Waals surface area contributed by atoms with Crippen molar-refractivity contribution in [2.24, 2.45) is 11.3 Å². The average Bonchev–Trinajstić information content (AvgIpc) is 2.76. The van der Waals surface area contributed by atoms with Gasteiger partial charge >= 0.3 is 12.4 Å². The standard InChI is InChI=1S/C22H29F6N3O3S/c1-20(2,22(26,27)28)19(33)29-6-9-31-7-4-14(5-8-31)13-30-18(32)15-10-16(21(23,24)25)12-17(11-15)35(3)34/h10-12,14H,4-9,13H2,1-3H3,(H,29,33)(H,30,32). The van der Waals surface area contributed by atoms with Gasteiger partial charge in [0.2, 0.25) is 5.91 Å². The molecule has 0 saturated carbocycles. The molecular weight excluding hydrogens is 500 g/mol.